The summed E-state index contributed by atoms with van der Waals surface area (Å²) in [6.07, 6.45) is 1.27. The first kappa shape index (κ1) is 23.8. The fourth-order valence-corrected chi connectivity index (χ4v) is 4.52. The van der Waals surface area contributed by atoms with Crippen LogP contribution >= 0.6 is 0 Å². The number of phenols is 1. The van der Waals surface area contributed by atoms with Gasteiger partial charge in [0.05, 0.1) is 21.7 Å². The van der Waals surface area contributed by atoms with E-state index >= 15 is 0 Å². The summed E-state index contributed by atoms with van der Waals surface area (Å²) in [5.74, 6) is 0.118. The molecule has 2 N–H and O–H groups in total. The molecule has 3 aromatic rings. The van der Waals surface area contributed by atoms with Crippen molar-refractivity contribution in [1.29, 1.82) is 5.26 Å². The first-order valence-electron chi connectivity index (χ1n) is 10.4. The van der Waals surface area contributed by atoms with Crippen molar-refractivity contribution < 1.29 is 23.1 Å². The number of anilines is 1. The number of nitriles is 1. The van der Waals surface area contributed by atoms with Gasteiger partial charge in [-0.3, -0.25) is 9.52 Å². The highest BCUT2D eigenvalue weighted by Crippen LogP contribution is 2.33. The number of ether oxygens (including phenoxy) is 1. The summed E-state index contributed by atoms with van der Waals surface area (Å²) in [6, 6.07) is 17.7. The average molecular weight is 465 g/mol. The first-order chi connectivity index (χ1) is 15.8. The van der Waals surface area contributed by atoms with Crippen molar-refractivity contribution in [2.75, 3.05) is 4.72 Å². The molecule has 0 aromatic heterocycles. The van der Waals surface area contributed by atoms with E-state index in [1.54, 1.807) is 30.3 Å². The number of hydrogen-bond acceptors (Lipinski definition) is 6. The number of carbonyl (C=O) groups excluding carboxylic acids is 1. The van der Waals surface area contributed by atoms with Crippen LogP contribution in [0.5, 0.6) is 11.5 Å². The summed E-state index contributed by atoms with van der Waals surface area (Å²) in [5.41, 5.74) is 1.81. The van der Waals surface area contributed by atoms with Crippen molar-refractivity contribution in [2.45, 2.75) is 38.2 Å². The summed E-state index contributed by atoms with van der Waals surface area (Å²) < 4.78 is 34.0. The zero-order chi connectivity index (χ0) is 24.0. The molecule has 0 aliphatic carbocycles. The topological polar surface area (TPSA) is 116 Å². The third-order valence-electron chi connectivity index (χ3n) is 5.01. The second-order valence-electron chi connectivity index (χ2n) is 7.44. The summed E-state index contributed by atoms with van der Waals surface area (Å²) in [6.45, 7) is 3.41. The number of sulfonamides is 1. The molecule has 0 amide bonds. The van der Waals surface area contributed by atoms with Crippen LogP contribution in [-0.2, 0) is 23.1 Å². The van der Waals surface area contributed by atoms with Gasteiger partial charge in [-0.25, -0.2) is 8.42 Å². The van der Waals surface area contributed by atoms with Crippen LogP contribution in [0.4, 0.5) is 5.69 Å². The largest absolute Gasteiger partial charge is 0.507 e. The first-order valence-corrected chi connectivity index (χ1v) is 11.8. The van der Waals surface area contributed by atoms with Gasteiger partial charge in [0.15, 0.2) is 5.78 Å². The molecule has 0 aliphatic heterocycles. The molecule has 0 saturated heterocycles. The number of benzene rings is 3. The lowest BCUT2D eigenvalue weighted by Gasteiger charge is -2.15. The Bertz CT molecular complexity index is 1330. The van der Waals surface area contributed by atoms with Crippen molar-refractivity contribution in [1.82, 2.24) is 0 Å². The fourth-order valence-electron chi connectivity index (χ4n) is 3.37. The van der Waals surface area contributed by atoms with E-state index in [0.717, 1.165) is 6.42 Å². The van der Waals surface area contributed by atoms with E-state index in [1.165, 1.54) is 37.3 Å². The molecule has 8 heteroatoms. The van der Waals surface area contributed by atoms with Gasteiger partial charge in [0.2, 0.25) is 0 Å². The number of rotatable bonds is 9. The normalized spacial score (nSPS) is 10.9. The van der Waals surface area contributed by atoms with Crippen LogP contribution in [0.15, 0.2) is 65.6 Å². The summed E-state index contributed by atoms with van der Waals surface area (Å²) in [7, 11) is -3.92. The van der Waals surface area contributed by atoms with Crippen molar-refractivity contribution in [3.8, 4) is 17.6 Å². The molecular weight excluding hydrogens is 440 g/mol. The van der Waals surface area contributed by atoms with Crippen molar-refractivity contribution >= 4 is 21.5 Å². The molecule has 0 aliphatic rings. The smallest absolute Gasteiger partial charge is 0.261 e. The van der Waals surface area contributed by atoms with Crippen molar-refractivity contribution in [2.24, 2.45) is 0 Å². The van der Waals surface area contributed by atoms with Crippen LogP contribution < -0.4 is 9.46 Å². The third kappa shape index (κ3) is 5.51. The monoisotopic (exact) mass is 464 g/mol. The van der Waals surface area contributed by atoms with Crippen LogP contribution in [0.3, 0.4) is 0 Å². The van der Waals surface area contributed by atoms with E-state index in [2.05, 4.69) is 4.72 Å². The Morgan fingerprint density at radius 1 is 1.12 bits per heavy atom. The van der Waals surface area contributed by atoms with E-state index in [0.29, 0.717) is 23.3 Å². The molecule has 170 valence electrons. The van der Waals surface area contributed by atoms with Crippen LogP contribution in [-0.4, -0.2) is 19.3 Å². The Kier molecular flexibility index (Phi) is 7.36. The number of phenolic OH excluding ortho intramolecular Hbond substituents is 1. The van der Waals surface area contributed by atoms with Gasteiger partial charge in [-0.15, -0.1) is 0 Å². The number of para-hydroxylation sites is 1. The minimum atomic E-state index is -3.92. The van der Waals surface area contributed by atoms with Crippen molar-refractivity contribution in [3.05, 3.63) is 82.9 Å². The van der Waals surface area contributed by atoms with Gasteiger partial charge in [0.1, 0.15) is 24.2 Å². The standard InChI is InChI=1S/C25H24N2O5S/c1-3-7-22-24(13-12-21(17(2)28)25(22)29)32-16-18-8-6-10-20(14-18)33(30,31)27-23-11-5-4-9-19(23)15-26/h4-6,8-14,27,29H,3,7,16H2,1-2H3. The molecule has 0 heterocycles. The molecule has 0 atom stereocenters. The van der Waals surface area contributed by atoms with Crippen LogP contribution in [0.2, 0.25) is 0 Å². The Morgan fingerprint density at radius 3 is 2.58 bits per heavy atom. The number of hydrogen-bond donors (Lipinski definition) is 2. The molecule has 3 aromatic carbocycles. The van der Waals surface area contributed by atoms with Crippen LogP contribution in [0.1, 0.15) is 47.3 Å². The second kappa shape index (κ2) is 10.2. The fraction of sp³-hybridized carbons (Fsp3) is 0.200. The predicted octanol–water partition coefficient (Wildman–Crippen LogP) is 4.80. The zero-order valence-corrected chi connectivity index (χ0v) is 19.1. The van der Waals surface area contributed by atoms with Gasteiger partial charge in [0.25, 0.3) is 10.0 Å². The number of nitrogens with one attached hydrogen (secondary N) is 1. The second-order valence-corrected chi connectivity index (χ2v) is 9.13. The maximum atomic E-state index is 12.9. The maximum absolute atomic E-state index is 12.9. The summed E-state index contributed by atoms with van der Waals surface area (Å²) >= 11 is 0. The van der Waals surface area contributed by atoms with E-state index in [1.807, 2.05) is 13.0 Å². The minimum Gasteiger partial charge on any atom is -0.507 e. The quantitative estimate of drug-likeness (QED) is 0.440. The Labute approximate surface area is 193 Å². The molecule has 0 bridgehead atoms. The van der Waals surface area contributed by atoms with Crippen LogP contribution in [0.25, 0.3) is 0 Å². The van der Waals surface area contributed by atoms with E-state index in [4.69, 9.17) is 4.74 Å². The lowest BCUT2D eigenvalue weighted by Crippen LogP contribution is -2.14. The summed E-state index contributed by atoms with van der Waals surface area (Å²) in [4.78, 5) is 11.8. The lowest BCUT2D eigenvalue weighted by molar-refractivity contribution is 0.101. The number of ketones is 1. The number of carbonyl (C=O) groups is 1. The molecule has 0 radical (unpaired) electrons. The molecule has 0 fully saturated rings. The average Bonchev–Trinajstić information content (AvgIpc) is 2.79. The summed E-state index contributed by atoms with van der Waals surface area (Å²) in [5, 5.41) is 19.7. The van der Waals surface area contributed by atoms with Gasteiger partial charge in [-0.05, 0) is 55.3 Å². The van der Waals surface area contributed by atoms with Gasteiger partial charge in [0, 0.05) is 5.56 Å². The van der Waals surface area contributed by atoms with E-state index in [-0.39, 0.29) is 39.8 Å². The van der Waals surface area contributed by atoms with Crippen LogP contribution in [0, 0.1) is 11.3 Å². The molecule has 3 rings (SSSR count). The minimum absolute atomic E-state index is 0.0277. The number of Topliss-reactive ketones (excluding diaryl/α,β-unsaturated/α-hetero) is 1. The highest BCUT2D eigenvalue weighted by atomic mass is 32.2. The molecule has 0 spiro atoms. The Hall–Kier alpha value is -3.83. The highest BCUT2D eigenvalue weighted by Gasteiger charge is 2.18. The Balaban J connectivity index is 1.83. The van der Waals surface area contributed by atoms with E-state index in [9.17, 15) is 23.6 Å². The molecule has 0 saturated carbocycles. The molecule has 0 unspecified atom stereocenters. The highest BCUT2D eigenvalue weighted by molar-refractivity contribution is 7.92. The number of nitrogens with zero attached hydrogens (tertiary/aromatic N) is 1. The molecular formula is C25H24N2O5S. The van der Waals surface area contributed by atoms with Gasteiger partial charge >= 0.3 is 0 Å². The van der Waals surface area contributed by atoms with Gasteiger partial charge in [-0.2, -0.15) is 5.26 Å². The maximum Gasteiger partial charge on any atom is 0.261 e. The predicted molar refractivity (Wildman–Crippen MR) is 125 cm³/mol. The number of aromatic hydroxyl groups is 1. The van der Waals surface area contributed by atoms with E-state index < -0.39 is 10.0 Å². The van der Waals surface area contributed by atoms with Gasteiger partial charge < -0.3 is 9.84 Å². The van der Waals surface area contributed by atoms with Crippen molar-refractivity contribution in [3.63, 3.8) is 0 Å². The molecule has 7 nitrogen and oxygen atoms in total. The lowest BCUT2D eigenvalue weighted by atomic mass is 10.0. The SMILES string of the molecule is CCCc1c(OCc2cccc(S(=O)(=O)Nc3ccccc3C#N)c2)ccc(C(C)=O)c1O. The van der Waals surface area contributed by atoms with Gasteiger partial charge in [-0.1, -0.05) is 37.6 Å². The Morgan fingerprint density at radius 2 is 1.88 bits per heavy atom. The zero-order valence-electron chi connectivity index (χ0n) is 18.3. The molecule has 33 heavy (non-hydrogen) atoms. The third-order valence-corrected chi connectivity index (χ3v) is 6.38.